The zero-order valence-electron chi connectivity index (χ0n) is 9.01. The molecule has 0 aliphatic heterocycles. The average molecular weight is 313 g/mol. The standard InChI is InChI=1S/C10H3F10/c11-7(9(15,16)17,10(18,19)20)5-2-1-3-6(4-5)8(12,13)14/h1-2,4H. The Bertz CT molecular complexity index is 464. The number of alkyl halides is 10. The van der Waals surface area contributed by atoms with E-state index in [0.717, 1.165) is 0 Å². The Morgan fingerprint density at radius 2 is 1.20 bits per heavy atom. The van der Waals surface area contributed by atoms with Crippen LogP contribution in [0.3, 0.4) is 0 Å². The van der Waals surface area contributed by atoms with E-state index in [1.54, 1.807) is 0 Å². The Morgan fingerprint density at radius 3 is 1.55 bits per heavy atom. The van der Waals surface area contributed by atoms with Gasteiger partial charge in [-0.25, -0.2) is 4.39 Å². The Labute approximate surface area is 105 Å². The molecule has 20 heavy (non-hydrogen) atoms. The third-order valence-corrected chi connectivity index (χ3v) is 2.29. The lowest BCUT2D eigenvalue weighted by atomic mass is 9.92. The monoisotopic (exact) mass is 313 g/mol. The Balaban J connectivity index is 3.53. The number of hydrogen-bond donors (Lipinski definition) is 0. The van der Waals surface area contributed by atoms with Crippen LogP contribution in [0.25, 0.3) is 0 Å². The summed E-state index contributed by atoms with van der Waals surface area (Å²) in [5.74, 6) is 0. The molecule has 0 saturated heterocycles. The topological polar surface area (TPSA) is 0 Å². The first-order chi connectivity index (χ1) is 8.71. The molecular weight excluding hydrogens is 310 g/mol. The first-order valence-electron chi connectivity index (χ1n) is 4.63. The van der Waals surface area contributed by atoms with Crippen molar-refractivity contribution in [3.8, 4) is 0 Å². The van der Waals surface area contributed by atoms with E-state index in [9.17, 15) is 43.9 Å². The number of halogens is 10. The molecule has 0 fully saturated rings. The van der Waals surface area contributed by atoms with Crippen LogP contribution in [0.5, 0.6) is 0 Å². The third-order valence-electron chi connectivity index (χ3n) is 2.29. The number of hydrogen-bond acceptors (Lipinski definition) is 0. The fourth-order valence-corrected chi connectivity index (χ4v) is 1.33. The molecule has 0 amide bonds. The highest BCUT2D eigenvalue weighted by atomic mass is 19.4. The van der Waals surface area contributed by atoms with Crippen molar-refractivity contribution in [3.63, 3.8) is 0 Å². The quantitative estimate of drug-likeness (QED) is 0.654. The summed E-state index contributed by atoms with van der Waals surface area (Å²) >= 11 is 0. The molecule has 113 valence electrons. The highest BCUT2D eigenvalue weighted by Gasteiger charge is 2.73. The zero-order chi connectivity index (χ0) is 16.0. The van der Waals surface area contributed by atoms with Gasteiger partial charge in [-0.2, -0.15) is 39.5 Å². The Morgan fingerprint density at radius 1 is 0.750 bits per heavy atom. The van der Waals surface area contributed by atoms with Gasteiger partial charge < -0.3 is 0 Å². The SMILES string of the molecule is FC(F)(F)c1[c]ccc(C(F)(C(F)(F)F)C(F)(F)F)c1. The lowest BCUT2D eigenvalue weighted by molar-refractivity contribution is -0.348. The highest BCUT2D eigenvalue weighted by molar-refractivity contribution is 5.32. The maximum atomic E-state index is 13.5. The molecule has 0 heterocycles. The molecule has 0 N–H and O–H groups in total. The van der Waals surface area contributed by atoms with E-state index in [1.165, 1.54) is 6.07 Å². The van der Waals surface area contributed by atoms with Crippen LogP contribution in [0.1, 0.15) is 11.1 Å². The fourth-order valence-electron chi connectivity index (χ4n) is 1.33. The van der Waals surface area contributed by atoms with Gasteiger partial charge in [-0.3, -0.25) is 0 Å². The second-order valence-electron chi connectivity index (χ2n) is 3.64. The van der Waals surface area contributed by atoms with Gasteiger partial charge >= 0.3 is 24.2 Å². The summed E-state index contributed by atoms with van der Waals surface area (Å²) in [7, 11) is 0. The maximum absolute atomic E-state index is 13.5. The highest BCUT2D eigenvalue weighted by Crippen LogP contribution is 2.53. The van der Waals surface area contributed by atoms with Gasteiger partial charge in [0.15, 0.2) is 0 Å². The second kappa shape index (κ2) is 4.52. The first kappa shape index (κ1) is 16.6. The van der Waals surface area contributed by atoms with Crippen LogP contribution in [-0.4, -0.2) is 12.4 Å². The van der Waals surface area contributed by atoms with Crippen LogP contribution < -0.4 is 0 Å². The molecule has 1 aromatic carbocycles. The van der Waals surface area contributed by atoms with Crippen LogP contribution in [0.4, 0.5) is 43.9 Å². The molecule has 0 aliphatic rings. The summed E-state index contributed by atoms with van der Waals surface area (Å²) in [5.41, 5.74) is -10.0. The molecule has 0 aromatic heterocycles. The van der Waals surface area contributed by atoms with Crippen LogP contribution in [0.2, 0.25) is 0 Å². The van der Waals surface area contributed by atoms with Crippen molar-refractivity contribution in [2.24, 2.45) is 0 Å². The summed E-state index contributed by atoms with van der Waals surface area (Å²) in [5, 5.41) is 0. The first-order valence-corrected chi connectivity index (χ1v) is 4.63. The molecule has 0 nitrogen and oxygen atoms in total. The van der Waals surface area contributed by atoms with Gasteiger partial charge in [0.2, 0.25) is 0 Å². The van der Waals surface area contributed by atoms with E-state index < -0.39 is 41.4 Å². The van der Waals surface area contributed by atoms with Crippen molar-refractivity contribution >= 4 is 0 Å². The number of rotatable bonds is 1. The molecule has 0 bridgehead atoms. The van der Waals surface area contributed by atoms with Gasteiger partial charge in [-0.1, -0.05) is 12.1 Å². The zero-order valence-corrected chi connectivity index (χ0v) is 9.01. The van der Waals surface area contributed by atoms with Crippen LogP contribution in [0, 0.1) is 6.07 Å². The van der Waals surface area contributed by atoms with Crippen LogP contribution >= 0.6 is 0 Å². The van der Waals surface area contributed by atoms with Crippen molar-refractivity contribution in [2.75, 3.05) is 0 Å². The fraction of sp³-hybridized carbons (Fsp3) is 0.400. The van der Waals surface area contributed by atoms with Gasteiger partial charge in [0.1, 0.15) is 0 Å². The second-order valence-corrected chi connectivity index (χ2v) is 3.64. The maximum Gasteiger partial charge on any atom is 0.435 e. The summed E-state index contributed by atoms with van der Waals surface area (Å²) < 4.78 is 124. The Kier molecular flexibility index (Phi) is 3.75. The number of benzene rings is 1. The summed E-state index contributed by atoms with van der Waals surface area (Å²) in [6.45, 7) is 0. The minimum absolute atomic E-state index is 0.0593. The smallest absolute Gasteiger partial charge is 0.218 e. The van der Waals surface area contributed by atoms with E-state index in [4.69, 9.17) is 0 Å². The molecule has 10 heteroatoms. The van der Waals surface area contributed by atoms with Crippen molar-refractivity contribution < 1.29 is 43.9 Å². The molecule has 1 aromatic rings. The molecule has 0 unspecified atom stereocenters. The van der Waals surface area contributed by atoms with Crippen molar-refractivity contribution in [3.05, 3.63) is 35.4 Å². The van der Waals surface area contributed by atoms with Crippen molar-refractivity contribution in [1.82, 2.24) is 0 Å². The lowest BCUT2D eigenvalue weighted by Crippen LogP contribution is -2.50. The lowest BCUT2D eigenvalue weighted by Gasteiger charge is -2.30. The van der Waals surface area contributed by atoms with Gasteiger partial charge in [-0.15, -0.1) is 0 Å². The largest absolute Gasteiger partial charge is 0.435 e. The third kappa shape index (κ3) is 2.68. The van der Waals surface area contributed by atoms with E-state index >= 15 is 0 Å². The molecule has 0 saturated carbocycles. The van der Waals surface area contributed by atoms with Crippen molar-refractivity contribution in [2.45, 2.75) is 24.2 Å². The van der Waals surface area contributed by atoms with Gasteiger partial charge in [0.05, 0.1) is 5.56 Å². The molecular formula is C10H3F10. The molecule has 0 spiro atoms. The normalized spacial score (nSPS) is 14.5. The van der Waals surface area contributed by atoms with E-state index in [1.807, 2.05) is 0 Å². The minimum atomic E-state index is -6.46. The molecule has 1 rings (SSSR count). The van der Waals surface area contributed by atoms with Crippen molar-refractivity contribution in [1.29, 1.82) is 0 Å². The summed E-state index contributed by atoms with van der Waals surface area (Å²) in [6.07, 6.45) is -18.2. The summed E-state index contributed by atoms with van der Waals surface area (Å²) in [4.78, 5) is 0. The van der Waals surface area contributed by atoms with E-state index in [2.05, 4.69) is 0 Å². The predicted molar refractivity (Wildman–Crippen MR) is 45.2 cm³/mol. The van der Waals surface area contributed by atoms with Crippen LogP contribution in [0.15, 0.2) is 18.2 Å². The van der Waals surface area contributed by atoms with Gasteiger partial charge in [0.25, 0.3) is 0 Å². The Hall–Kier alpha value is -1.48. The van der Waals surface area contributed by atoms with Gasteiger partial charge in [-0.05, 0) is 12.1 Å². The molecule has 0 atom stereocenters. The average Bonchev–Trinajstić information content (AvgIpc) is 2.24. The molecule has 0 aliphatic carbocycles. The predicted octanol–water partition coefficient (Wildman–Crippen LogP) is 4.79. The minimum Gasteiger partial charge on any atom is -0.218 e. The summed E-state index contributed by atoms with van der Waals surface area (Å²) in [6, 6.07) is 0.912. The molecule has 1 radical (unpaired) electrons. The van der Waals surface area contributed by atoms with E-state index in [0.29, 0.717) is 0 Å². The van der Waals surface area contributed by atoms with Crippen LogP contribution in [-0.2, 0) is 11.8 Å². The van der Waals surface area contributed by atoms with Gasteiger partial charge in [0, 0.05) is 5.56 Å². The van der Waals surface area contributed by atoms with E-state index in [-0.39, 0.29) is 12.1 Å².